The monoisotopic (exact) mass is 613 g/mol. The first-order chi connectivity index (χ1) is 19.9. The van der Waals surface area contributed by atoms with Crippen molar-refractivity contribution in [3.63, 3.8) is 0 Å². The number of ether oxygens (including phenoxy) is 2. The van der Waals surface area contributed by atoms with Gasteiger partial charge in [-0.05, 0) is 82.1 Å². The molecular weight excluding hydrogens is 581 g/mol. The Hall–Kier alpha value is -3.90. The second-order valence-corrected chi connectivity index (χ2v) is 12.6. The van der Waals surface area contributed by atoms with Crippen molar-refractivity contribution in [1.82, 2.24) is 4.90 Å². The summed E-state index contributed by atoms with van der Waals surface area (Å²) in [5.41, 5.74) is 1.31. The third-order valence-corrected chi connectivity index (χ3v) is 8.14. The molecule has 1 aromatic heterocycles. The van der Waals surface area contributed by atoms with Gasteiger partial charge in [0.2, 0.25) is 5.91 Å². The number of benzene rings is 2. The summed E-state index contributed by atoms with van der Waals surface area (Å²) < 4.78 is 23.9. The first kappa shape index (κ1) is 31.0. The van der Waals surface area contributed by atoms with E-state index >= 15 is 0 Å². The van der Waals surface area contributed by atoms with Crippen LogP contribution in [0.1, 0.15) is 58.9 Å². The maximum Gasteiger partial charge on any atom is 0.410 e. The van der Waals surface area contributed by atoms with Crippen LogP contribution in [0.4, 0.5) is 19.9 Å². The molecule has 3 aromatic rings. The number of amides is 3. The van der Waals surface area contributed by atoms with Crippen LogP contribution in [0.15, 0.2) is 53.4 Å². The van der Waals surface area contributed by atoms with Crippen LogP contribution in [0, 0.1) is 5.82 Å². The lowest BCUT2D eigenvalue weighted by atomic mass is 10.0. The van der Waals surface area contributed by atoms with Gasteiger partial charge in [0, 0.05) is 27.6 Å². The van der Waals surface area contributed by atoms with Gasteiger partial charge in [-0.15, -0.1) is 23.1 Å². The van der Waals surface area contributed by atoms with Crippen LogP contribution in [0.2, 0.25) is 0 Å². The summed E-state index contributed by atoms with van der Waals surface area (Å²) in [4.78, 5) is 54.1. The van der Waals surface area contributed by atoms with Gasteiger partial charge < -0.3 is 25.0 Å². The van der Waals surface area contributed by atoms with Crippen molar-refractivity contribution in [2.45, 2.75) is 51.2 Å². The number of thioether (sulfide) groups is 1. The zero-order valence-electron chi connectivity index (χ0n) is 23.7. The normalized spacial score (nSPS) is 12.7. The second kappa shape index (κ2) is 13.4. The summed E-state index contributed by atoms with van der Waals surface area (Å²) >= 11 is 2.51. The van der Waals surface area contributed by atoms with Crippen molar-refractivity contribution < 1.29 is 33.0 Å². The number of esters is 1. The first-order valence-electron chi connectivity index (χ1n) is 13.3. The largest absolute Gasteiger partial charge is 0.462 e. The minimum absolute atomic E-state index is 0.0459. The first-order valence-corrected chi connectivity index (χ1v) is 15.1. The number of fused-ring (bicyclic) bond motifs is 1. The van der Waals surface area contributed by atoms with Gasteiger partial charge in [0.15, 0.2) is 0 Å². The van der Waals surface area contributed by atoms with E-state index in [1.165, 1.54) is 47.4 Å². The van der Waals surface area contributed by atoms with Crippen LogP contribution in [0.5, 0.6) is 0 Å². The molecule has 2 N–H and O–H groups in total. The molecule has 2 heterocycles. The quantitative estimate of drug-likeness (QED) is 0.225. The molecule has 0 radical (unpaired) electrons. The molecular formula is C30H32FN3O6S2. The molecule has 1 aliphatic heterocycles. The number of anilines is 2. The molecule has 0 atom stereocenters. The lowest BCUT2D eigenvalue weighted by Gasteiger charge is -2.30. The predicted octanol–water partition coefficient (Wildman–Crippen LogP) is 6.34. The number of rotatable bonds is 8. The maximum absolute atomic E-state index is 13.2. The van der Waals surface area contributed by atoms with Gasteiger partial charge >= 0.3 is 12.1 Å². The molecule has 0 saturated heterocycles. The lowest BCUT2D eigenvalue weighted by Crippen LogP contribution is -2.39. The summed E-state index contributed by atoms with van der Waals surface area (Å²) in [6.07, 6.45) is -0.00222. The standard InChI is InChI=1S/C30H32FN3O6S2/c1-5-39-28(37)25-22-13-14-34(29(38)40-30(2,3)4)16-23(22)42-27(25)33-24(35)17-41-21-8-6-7-20(15-21)32-26(36)18-9-11-19(31)12-10-18/h6-12,15H,5,13-14,16-17H2,1-4H3,(H,32,36)(H,33,35). The predicted molar refractivity (Wildman–Crippen MR) is 161 cm³/mol. The minimum atomic E-state index is -0.632. The van der Waals surface area contributed by atoms with Crippen molar-refractivity contribution >= 4 is 57.7 Å². The molecule has 0 spiro atoms. The zero-order chi connectivity index (χ0) is 30.4. The number of carbonyl (C=O) groups excluding carboxylic acids is 4. The number of hydrogen-bond acceptors (Lipinski definition) is 8. The van der Waals surface area contributed by atoms with Gasteiger partial charge in [-0.2, -0.15) is 0 Å². The Bertz CT molecular complexity index is 1480. The Labute approximate surface area is 251 Å². The third-order valence-electron chi connectivity index (χ3n) is 6.01. The van der Waals surface area contributed by atoms with Crippen LogP contribution in [0.25, 0.3) is 0 Å². The third kappa shape index (κ3) is 8.10. The van der Waals surface area contributed by atoms with E-state index in [1.54, 1.807) is 50.8 Å². The zero-order valence-corrected chi connectivity index (χ0v) is 25.4. The van der Waals surface area contributed by atoms with Gasteiger partial charge in [-0.25, -0.2) is 14.0 Å². The number of hydrogen-bond donors (Lipinski definition) is 2. The second-order valence-electron chi connectivity index (χ2n) is 10.4. The number of carbonyl (C=O) groups is 4. The molecule has 0 unspecified atom stereocenters. The topological polar surface area (TPSA) is 114 Å². The SMILES string of the molecule is CCOC(=O)c1c(NC(=O)CSc2cccc(NC(=O)c3ccc(F)cc3)c2)sc2c1CCN(C(=O)OC(C)(C)C)C2. The fourth-order valence-corrected chi connectivity index (χ4v) is 6.20. The highest BCUT2D eigenvalue weighted by molar-refractivity contribution is 8.00. The van der Waals surface area contributed by atoms with E-state index in [1.807, 2.05) is 6.07 Å². The van der Waals surface area contributed by atoms with Gasteiger partial charge in [0.05, 0.1) is 24.5 Å². The summed E-state index contributed by atoms with van der Waals surface area (Å²) in [6, 6.07) is 12.2. The molecule has 0 fully saturated rings. The average molecular weight is 614 g/mol. The molecule has 0 aliphatic carbocycles. The van der Waals surface area contributed by atoms with E-state index in [4.69, 9.17) is 9.47 Å². The lowest BCUT2D eigenvalue weighted by molar-refractivity contribution is -0.113. The molecule has 9 nitrogen and oxygen atoms in total. The Kier molecular flexibility index (Phi) is 9.89. The highest BCUT2D eigenvalue weighted by atomic mass is 32.2. The van der Waals surface area contributed by atoms with E-state index in [0.717, 1.165) is 15.3 Å². The molecule has 0 saturated carbocycles. The number of thiophene rings is 1. The van der Waals surface area contributed by atoms with E-state index in [9.17, 15) is 23.6 Å². The van der Waals surface area contributed by atoms with E-state index in [-0.39, 0.29) is 30.7 Å². The molecule has 222 valence electrons. The molecule has 2 aromatic carbocycles. The van der Waals surface area contributed by atoms with E-state index in [0.29, 0.717) is 34.8 Å². The fourth-order valence-electron chi connectivity index (χ4n) is 4.17. The number of halogens is 1. The molecule has 1 aliphatic rings. The van der Waals surface area contributed by atoms with Crippen molar-refractivity contribution in [1.29, 1.82) is 0 Å². The van der Waals surface area contributed by atoms with Crippen LogP contribution in [-0.4, -0.2) is 53.3 Å². The molecule has 42 heavy (non-hydrogen) atoms. The van der Waals surface area contributed by atoms with E-state index in [2.05, 4.69) is 10.6 Å². The molecule has 0 bridgehead atoms. The van der Waals surface area contributed by atoms with Crippen LogP contribution in [-0.2, 0) is 27.2 Å². The van der Waals surface area contributed by atoms with Crippen molar-refractivity contribution in [2.24, 2.45) is 0 Å². The van der Waals surface area contributed by atoms with Crippen molar-refractivity contribution in [3.8, 4) is 0 Å². The van der Waals surface area contributed by atoms with Gasteiger partial charge in [-0.3, -0.25) is 9.59 Å². The highest BCUT2D eigenvalue weighted by Crippen LogP contribution is 2.38. The van der Waals surface area contributed by atoms with Gasteiger partial charge in [0.25, 0.3) is 5.91 Å². The summed E-state index contributed by atoms with van der Waals surface area (Å²) in [5.74, 6) is -1.61. The van der Waals surface area contributed by atoms with Gasteiger partial charge in [0.1, 0.15) is 16.4 Å². The molecule has 3 amide bonds. The number of nitrogens with zero attached hydrogens (tertiary/aromatic N) is 1. The molecule has 4 rings (SSSR count). The van der Waals surface area contributed by atoms with Crippen LogP contribution in [0.3, 0.4) is 0 Å². The van der Waals surface area contributed by atoms with Crippen molar-refractivity contribution in [2.75, 3.05) is 29.5 Å². The Morgan fingerprint density at radius 1 is 1.07 bits per heavy atom. The molecule has 12 heteroatoms. The van der Waals surface area contributed by atoms with E-state index < -0.39 is 23.5 Å². The summed E-state index contributed by atoms with van der Waals surface area (Å²) in [5, 5.41) is 6.01. The summed E-state index contributed by atoms with van der Waals surface area (Å²) in [6.45, 7) is 7.95. The number of nitrogens with one attached hydrogen (secondary N) is 2. The Morgan fingerprint density at radius 2 is 1.81 bits per heavy atom. The summed E-state index contributed by atoms with van der Waals surface area (Å²) in [7, 11) is 0. The Balaban J connectivity index is 1.42. The highest BCUT2D eigenvalue weighted by Gasteiger charge is 2.32. The van der Waals surface area contributed by atoms with Crippen molar-refractivity contribution in [3.05, 3.63) is 75.9 Å². The Morgan fingerprint density at radius 3 is 2.50 bits per heavy atom. The maximum atomic E-state index is 13.2. The van der Waals surface area contributed by atoms with Crippen LogP contribution < -0.4 is 10.6 Å². The fraction of sp³-hybridized carbons (Fsp3) is 0.333. The minimum Gasteiger partial charge on any atom is -0.462 e. The smallest absolute Gasteiger partial charge is 0.410 e. The van der Waals surface area contributed by atoms with Crippen LogP contribution >= 0.6 is 23.1 Å². The van der Waals surface area contributed by atoms with Gasteiger partial charge in [-0.1, -0.05) is 6.07 Å². The average Bonchev–Trinajstić information content (AvgIpc) is 3.28.